The molecule has 656 valence electrons. The van der Waals surface area contributed by atoms with Crippen LogP contribution in [0.4, 0.5) is 0 Å². The number of aliphatic hydroxyl groups excluding tert-OH is 2. The lowest BCUT2D eigenvalue weighted by Gasteiger charge is -2.33. The minimum atomic E-state index is -4.28. The smallest absolute Gasteiger partial charge is 0.323 e. The highest BCUT2D eigenvalue weighted by molar-refractivity contribution is 7.88. The van der Waals surface area contributed by atoms with E-state index >= 15 is 0 Å². The summed E-state index contributed by atoms with van der Waals surface area (Å²) in [5, 5.41) is 24.4. The molecule has 0 bridgehead atoms. The van der Waals surface area contributed by atoms with Crippen molar-refractivity contribution >= 4 is 108 Å². The number of ketones is 4. The number of carbonyl (C=O) groups is 8. The molecular weight excluding hydrogens is 1610 g/mol. The van der Waals surface area contributed by atoms with Crippen LogP contribution in [0.3, 0.4) is 0 Å². The van der Waals surface area contributed by atoms with Gasteiger partial charge in [0.2, 0.25) is 11.8 Å². The molecule has 0 radical (unpaired) electrons. The van der Waals surface area contributed by atoms with Crippen molar-refractivity contribution in [2.45, 2.75) is 224 Å². The first-order chi connectivity index (χ1) is 52.5. The number of rotatable bonds is 22. The van der Waals surface area contributed by atoms with Crippen molar-refractivity contribution in [3.05, 3.63) is 72.3 Å². The molecule has 114 heavy (non-hydrogen) atoms. The Bertz CT molecular complexity index is 4070. The Morgan fingerprint density at radius 1 is 0.368 bits per heavy atom. The number of amides is 2. The number of ether oxygens (including phenoxy) is 2. The molecule has 6 aliphatic rings. The predicted molar refractivity (Wildman–Crippen MR) is 432 cm³/mol. The summed E-state index contributed by atoms with van der Waals surface area (Å²) in [6.07, 6.45) is 19.5. The molecule has 6 N–H and O–H groups in total. The van der Waals surface area contributed by atoms with E-state index in [2.05, 4.69) is 29.6 Å². The van der Waals surface area contributed by atoms with E-state index < -0.39 is 164 Å². The molecule has 44 heteroatoms. The third kappa shape index (κ3) is 28.8. The summed E-state index contributed by atoms with van der Waals surface area (Å²) in [5.41, 5.74) is 0. The fourth-order valence-electron chi connectivity index (χ4n) is 11.0. The fourth-order valence-corrected chi connectivity index (χ4v) is 22.0. The zero-order valence-electron chi connectivity index (χ0n) is 70.1. The van der Waals surface area contributed by atoms with E-state index in [9.17, 15) is 99.1 Å². The Morgan fingerprint density at radius 3 is 0.798 bits per heavy atom. The maximum absolute atomic E-state index is 12.7. The van der Waals surface area contributed by atoms with Gasteiger partial charge in [-0.15, -0.1) is 0 Å². The number of carbonyl (C=O) groups excluding carboxylic acids is 8. The molecular formula is C70H126N14O24S6. The van der Waals surface area contributed by atoms with E-state index in [1.54, 1.807) is 58.9 Å². The average Bonchev–Trinajstić information content (AvgIpc) is 1.53. The summed E-state index contributed by atoms with van der Waals surface area (Å²) in [6.45, 7) is 33.4. The number of Topliss-reactive ketones (excluding diaryl/α,β-unsaturated/α-hetero) is 4. The number of hydrogen-bond donors (Lipinski definition) is 6. The molecule has 0 aromatic carbocycles. The van der Waals surface area contributed by atoms with Gasteiger partial charge in [0.05, 0.1) is 51.5 Å². The van der Waals surface area contributed by atoms with Crippen LogP contribution in [0.1, 0.15) is 151 Å². The highest BCUT2D eigenvalue weighted by Gasteiger charge is 2.46. The summed E-state index contributed by atoms with van der Waals surface area (Å²) in [6, 6.07) is -7.37. The lowest BCUT2D eigenvalue weighted by Crippen LogP contribution is -2.55. The van der Waals surface area contributed by atoms with Crippen molar-refractivity contribution in [2.75, 3.05) is 93.8 Å². The standard InChI is InChI=1S/C12H22N4O4S.C12H20N2O7S.C12H20N2O5S.C12H20N2O4S.C12H24N2O2S.C10H20N2O2S/c1-9(11(17)13-3)15-7-5-6-8-16(21(15,19)20)10(2)12(18)14-4;1-7(9(3)15)13-5-10(16)11(17)6-14(22(13,19)20)8(2)12(18)21-4;1-9(11(3)15)13-7-5-6-8-14(20(13,17)18)10(2)12(16)19-4;1-9(11(3)15)13-7-5-6-8-14(19(13,17)18)10(2)12(4)16;1-5-11(3)13-9-7-8-10-14(12(4)6-2)17(13,15)16;1-7(2)9-5-6-10(8(3)4)12-15(13,14)11-9/h5-6,9-10H,7-8H2,1-4H3,(H,13,17)(H,14,18);7-8,16-17H,5-6H2,1-4H3;5-6,9-10H,7-8H2,1-4H3;5-6,9-10H,7-8H2,1-4H3;7-8,11-12H,5-6,9-10H2,1-4H3;5-12H,1-4H3. The summed E-state index contributed by atoms with van der Waals surface area (Å²) in [5.74, 6) is -4.07. The molecule has 0 aliphatic carbocycles. The second kappa shape index (κ2) is 46.8. The van der Waals surface area contributed by atoms with Crippen molar-refractivity contribution in [1.82, 2.24) is 63.1 Å². The first kappa shape index (κ1) is 106. The van der Waals surface area contributed by atoms with Crippen LogP contribution >= 0.6 is 0 Å². The molecule has 6 aliphatic heterocycles. The van der Waals surface area contributed by atoms with Crippen molar-refractivity contribution in [1.29, 1.82) is 0 Å². The number of methoxy groups -OCH3 is 2. The van der Waals surface area contributed by atoms with Crippen LogP contribution in [0.5, 0.6) is 0 Å². The highest BCUT2D eigenvalue weighted by Crippen LogP contribution is 2.27. The van der Waals surface area contributed by atoms with Crippen LogP contribution in [0.2, 0.25) is 0 Å². The van der Waals surface area contributed by atoms with E-state index in [1.807, 2.05) is 79.7 Å². The molecule has 6 heterocycles. The van der Waals surface area contributed by atoms with Gasteiger partial charge in [0.15, 0.2) is 0 Å². The molecule has 0 fully saturated rings. The van der Waals surface area contributed by atoms with E-state index in [0.29, 0.717) is 17.4 Å². The van der Waals surface area contributed by atoms with E-state index in [-0.39, 0.29) is 92.6 Å². The van der Waals surface area contributed by atoms with Crippen molar-refractivity contribution < 1.29 is 109 Å². The predicted octanol–water partition coefficient (Wildman–Crippen LogP) is 1.72. The summed E-state index contributed by atoms with van der Waals surface area (Å²) in [4.78, 5) is 92.6. The Balaban J connectivity index is 0.000000687. The number of nitrogens with zero attached hydrogens (tertiary/aromatic N) is 10. The van der Waals surface area contributed by atoms with Gasteiger partial charge in [0.25, 0.3) is 61.3 Å². The molecule has 0 saturated carbocycles. The van der Waals surface area contributed by atoms with Gasteiger partial charge in [0, 0.05) is 90.6 Å². The second-order valence-corrected chi connectivity index (χ2v) is 38.9. The van der Waals surface area contributed by atoms with Crippen LogP contribution in [0.15, 0.2) is 72.3 Å². The summed E-state index contributed by atoms with van der Waals surface area (Å²) < 4.78 is 175. The molecule has 0 aromatic heterocycles. The minimum Gasteiger partial charge on any atom is -0.507 e. The Morgan fingerprint density at radius 2 is 0.570 bits per heavy atom. The van der Waals surface area contributed by atoms with Crippen LogP contribution < -0.4 is 20.1 Å². The Hall–Kier alpha value is -6.18. The van der Waals surface area contributed by atoms with E-state index in [4.69, 9.17) is 0 Å². The maximum Gasteiger partial charge on any atom is 0.323 e. The number of hydrogen-bond acceptors (Lipinski definition) is 24. The average molecular weight is 1740 g/mol. The van der Waals surface area contributed by atoms with Crippen LogP contribution in [-0.2, 0) is 109 Å². The topological polar surface area (TPSA) is 481 Å². The number of likely N-dealkylation sites (N-methyl/N-ethyl adjacent to an activating group) is 2. The number of aliphatic hydroxyl groups is 2. The van der Waals surface area contributed by atoms with Crippen molar-refractivity contribution in [2.24, 2.45) is 11.8 Å². The molecule has 0 aromatic rings. The van der Waals surface area contributed by atoms with Gasteiger partial charge in [-0.3, -0.25) is 38.4 Å². The molecule has 0 saturated heterocycles. The van der Waals surface area contributed by atoms with Gasteiger partial charge in [-0.1, -0.05) is 102 Å². The number of esters is 2. The quantitative estimate of drug-likeness (QED) is 0.0664. The van der Waals surface area contributed by atoms with Crippen LogP contribution in [0.25, 0.3) is 0 Å². The molecule has 2 amide bonds. The molecule has 12 atom stereocenters. The summed E-state index contributed by atoms with van der Waals surface area (Å²) in [7, 11) is -17.4. The van der Waals surface area contributed by atoms with Crippen LogP contribution in [0, 0.1) is 11.8 Å². The third-order valence-corrected chi connectivity index (χ3v) is 31.5. The molecule has 6 rings (SSSR count). The second-order valence-electron chi connectivity index (χ2n) is 28.3. The summed E-state index contributed by atoms with van der Waals surface area (Å²) >= 11 is 0. The monoisotopic (exact) mass is 1740 g/mol. The maximum atomic E-state index is 12.7. The lowest BCUT2D eigenvalue weighted by atomic mass is 10.0. The van der Waals surface area contributed by atoms with Crippen molar-refractivity contribution in [3.63, 3.8) is 0 Å². The lowest BCUT2D eigenvalue weighted by molar-refractivity contribution is -0.145. The van der Waals surface area contributed by atoms with Gasteiger partial charge in [0.1, 0.15) is 58.8 Å². The van der Waals surface area contributed by atoms with E-state index in [1.165, 1.54) is 90.4 Å². The van der Waals surface area contributed by atoms with Gasteiger partial charge in [-0.2, -0.15) is 103 Å². The third-order valence-electron chi connectivity index (χ3n) is 19.7. The SMILES string of the molecule is CC(=O)C(C)N1CC=CCN(C(C)C(C)=O)S1(=O)=O.CC(C)C1C=CC(C(C)C)NS(=O)(=O)N1.CCC(C)N1CC=CCN(C(C)CC)S1(=O)=O.CNC(=O)C(C)N1CC=CCN(C(C)C(=O)NC)S1(=O)=O.COC(=O)C(C)N1CC(O)=C(O)CN(C(C)C(C)=O)S1(=O)=O.COC(=O)C(C)N1CC=CCN(C(C)C(C)=O)S1(=O)=O. The van der Waals surface area contributed by atoms with Gasteiger partial charge in [-0.05, 0) is 122 Å². The normalized spacial score (nSPS) is 24.2. The van der Waals surface area contributed by atoms with Gasteiger partial charge >= 0.3 is 11.9 Å². The molecule has 38 nitrogen and oxygen atoms in total. The molecule has 12 unspecified atom stereocenters. The van der Waals surface area contributed by atoms with Gasteiger partial charge < -0.3 is 30.3 Å². The Kier molecular flexibility index (Phi) is 43.5. The largest absolute Gasteiger partial charge is 0.507 e. The zero-order chi connectivity index (χ0) is 88.4. The van der Waals surface area contributed by atoms with Crippen molar-refractivity contribution in [3.8, 4) is 0 Å². The fraction of sp³-hybridized carbons (Fsp3) is 0.714. The highest BCUT2D eigenvalue weighted by atomic mass is 32.2. The van der Waals surface area contributed by atoms with Crippen LogP contribution in [-0.4, -0.2) is 317 Å². The first-order valence-electron chi connectivity index (χ1n) is 37.2. The first-order valence-corrected chi connectivity index (χ1v) is 45.7. The van der Waals surface area contributed by atoms with Gasteiger partial charge in [-0.25, -0.2) is 0 Å². The number of nitrogens with one attached hydrogen (secondary N) is 4. The minimum absolute atomic E-state index is 0.0503. The van der Waals surface area contributed by atoms with E-state index in [0.717, 1.165) is 50.1 Å². The molecule has 0 spiro atoms. The Labute approximate surface area is 677 Å². The zero-order valence-corrected chi connectivity index (χ0v) is 75.0.